The maximum Gasteiger partial charge on any atom is 0.0245 e. The molecule has 0 fully saturated rings. The molecule has 0 unspecified atom stereocenters. The molecule has 0 saturated heterocycles. The van der Waals surface area contributed by atoms with Crippen LogP contribution in [0.25, 0.3) is 0 Å². The summed E-state index contributed by atoms with van der Waals surface area (Å²) >= 11 is 0. The minimum Gasteiger partial charge on any atom is -0.120 e. The van der Waals surface area contributed by atoms with E-state index in [-0.39, 0.29) is 0 Å². The number of rotatable bonds is 0. The number of benzene rings is 4. The number of terminal acetylenes is 1. The molecule has 0 saturated carbocycles. The second kappa shape index (κ2) is 38.2. The molecule has 0 aliphatic carbocycles. The minimum absolute atomic E-state index is 1.08. The van der Waals surface area contributed by atoms with Crippen LogP contribution < -0.4 is 0 Å². The fourth-order valence-corrected chi connectivity index (χ4v) is 2.53. The summed E-state index contributed by atoms with van der Waals surface area (Å²) in [5, 5.41) is 0. The van der Waals surface area contributed by atoms with Crippen molar-refractivity contribution >= 4 is 0 Å². The summed E-state index contributed by atoms with van der Waals surface area (Å²) < 4.78 is 0. The molecule has 0 heterocycles. The third kappa shape index (κ3) is 36.2. The Morgan fingerprint density at radius 1 is 0.333 bits per heavy atom. The Morgan fingerprint density at radius 3 is 0.667 bits per heavy atom. The lowest BCUT2D eigenvalue weighted by Crippen LogP contribution is -1.67. The first-order valence-corrected chi connectivity index (χ1v) is 14.4. The van der Waals surface area contributed by atoms with E-state index >= 15 is 0 Å². The SMILES string of the molecule is C#CC.CC#CC.CC#CC.CC#Cc1ccccc1.CC#Cc1ccccc1.CC#Cc1ccccc1.Cc1ccccc1. The predicted octanol–water partition coefficient (Wildman–Crippen LogP) is 10.9. The van der Waals surface area contributed by atoms with Crippen LogP contribution in [0.5, 0.6) is 0 Å². The largest absolute Gasteiger partial charge is 0.120 e. The van der Waals surface area contributed by atoms with Crippen LogP contribution in [0.3, 0.4) is 0 Å². The van der Waals surface area contributed by atoms with Crippen molar-refractivity contribution in [1.82, 2.24) is 0 Å². The summed E-state index contributed by atoms with van der Waals surface area (Å²) in [7, 11) is 0. The van der Waals surface area contributed by atoms with Crippen LogP contribution in [0, 0.1) is 78.5 Å². The van der Waals surface area contributed by atoms with Crippen molar-refractivity contribution in [2.75, 3.05) is 0 Å². The molecule has 228 valence electrons. The molecule has 45 heavy (non-hydrogen) atoms. The average Bonchev–Trinajstić information content (AvgIpc) is 3.09. The Morgan fingerprint density at radius 2 is 0.533 bits per heavy atom. The molecule has 0 N–H and O–H groups in total. The van der Waals surface area contributed by atoms with Gasteiger partial charge in [0.05, 0.1) is 0 Å². The highest BCUT2D eigenvalue weighted by Gasteiger charge is 1.79. The Balaban J connectivity index is -0.000000474. The molecule has 0 amide bonds. The van der Waals surface area contributed by atoms with Crippen molar-refractivity contribution in [1.29, 1.82) is 0 Å². The van der Waals surface area contributed by atoms with Gasteiger partial charge in [-0.05, 0) is 98.7 Å². The van der Waals surface area contributed by atoms with Crippen molar-refractivity contribution in [3.05, 3.63) is 144 Å². The highest BCUT2D eigenvalue weighted by Crippen LogP contribution is 1.95. The van der Waals surface area contributed by atoms with E-state index in [9.17, 15) is 0 Å². The molecule has 0 bridgehead atoms. The third-order valence-corrected chi connectivity index (χ3v) is 4.57. The molecule has 0 nitrogen and oxygen atoms in total. The molecule has 0 atom stereocenters. The van der Waals surface area contributed by atoms with Gasteiger partial charge in [-0.1, -0.05) is 108 Å². The molecular formula is C45H48. The van der Waals surface area contributed by atoms with Crippen LogP contribution in [0.4, 0.5) is 0 Å². The van der Waals surface area contributed by atoms with Crippen molar-refractivity contribution in [3.8, 4) is 71.5 Å². The molecule has 0 aliphatic rings. The van der Waals surface area contributed by atoms with Crippen molar-refractivity contribution in [3.63, 3.8) is 0 Å². The fourth-order valence-electron chi connectivity index (χ4n) is 2.53. The molecule has 4 rings (SSSR count). The fraction of sp³-hybridized carbons (Fsp3) is 0.200. The Hall–Kier alpha value is -5.76. The van der Waals surface area contributed by atoms with E-state index < -0.39 is 0 Å². The van der Waals surface area contributed by atoms with E-state index in [2.05, 4.69) is 90.6 Å². The topological polar surface area (TPSA) is 0 Å². The maximum absolute atomic E-state index is 4.60. The first-order valence-electron chi connectivity index (χ1n) is 14.4. The molecule has 4 aromatic rings. The van der Waals surface area contributed by atoms with Gasteiger partial charge in [0.1, 0.15) is 0 Å². The van der Waals surface area contributed by atoms with Gasteiger partial charge in [0.25, 0.3) is 0 Å². The second-order valence-corrected chi connectivity index (χ2v) is 8.17. The van der Waals surface area contributed by atoms with Gasteiger partial charge in [0, 0.05) is 16.7 Å². The molecule has 0 aromatic heterocycles. The zero-order chi connectivity index (χ0) is 34.2. The molecule has 0 heteroatoms. The van der Waals surface area contributed by atoms with Crippen LogP contribution in [0.1, 0.15) is 77.6 Å². The normalized spacial score (nSPS) is 6.76. The highest BCUT2D eigenvalue weighted by atomic mass is 13.8. The molecular weight excluding hydrogens is 540 g/mol. The molecule has 4 aromatic carbocycles. The van der Waals surface area contributed by atoms with E-state index in [1.54, 1.807) is 6.92 Å². The number of hydrogen-bond donors (Lipinski definition) is 0. The monoisotopic (exact) mass is 588 g/mol. The van der Waals surface area contributed by atoms with Gasteiger partial charge in [-0.15, -0.1) is 53.8 Å². The molecule has 0 aliphatic heterocycles. The second-order valence-electron chi connectivity index (χ2n) is 8.17. The van der Waals surface area contributed by atoms with Crippen molar-refractivity contribution in [2.24, 2.45) is 0 Å². The minimum atomic E-state index is 1.08. The van der Waals surface area contributed by atoms with Crippen molar-refractivity contribution in [2.45, 2.75) is 62.3 Å². The maximum atomic E-state index is 4.60. The van der Waals surface area contributed by atoms with Gasteiger partial charge >= 0.3 is 0 Å². The summed E-state index contributed by atoms with van der Waals surface area (Å²) in [4.78, 5) is 0. The Bertz CT molecular complexity index is 1400. The van der Waals surface area contributed by atoms with Gasteiger partial charge in [-0.25, -0.2) is 0 Å². The van der Waals surface area contributed by atoms with E-state index in [1.165, 1.54) is 5.56 Å². The van der Waals surface area contributed by atoms with Gasteiger partial charge in [0.2, 0.25) is 0 Å². The third-order valence-electron chi connectivity index (χ3n) is 4.57. The first kappa shape index (κ1) is 43.7. The summed E-state index contributed by atoms with van der Waals surface area (Å²) in [6.45, 7) is 16.5. The van der Waals surface area contributed by atoms with Crippen LogP contribution in [-0.4, -0.2) is 0 Å². The number of aryl methyl sites for hydroxylation is 1. The standard InChI is InChI=1S/3C9H8.C7H8.2C4H6.C3H4/c3*1-2-6-9-7-4-3-5-8-9;1-7-5-3-2-4-6-7;2*1-3-4-2;1-3-2/h3*3-5,7-8H,1H3;2-6H,1H3;2*1-2H3;1H,2H3. The van der Waals surface area contributed by atoms with E-state index in [0.29, 0.717) is 0 Å². The smallest absolute Gasteiger partial charge is 0.0245 e. The molecule has 0 radical (unpaired) electrons. The van der Waals surface area contributed by atoms with Crippen LogP contribution in [-0.2, 0) is 0 Å². The summed E-state index contributed by atoms with van der Waals surface area (Å²) in [5.41, 5.74) is 4.57. The van der Waals surface area contributed by atoms with Gasteiger partial charge < -0.3 is 0 Å². The Kier molecular flexibility index (Phi) is 37.1. The lowest BCUT2D eigenvalue weighted by molar-refractivity contribution is 1.48. The Labute approximate surface area is 276 Å². The van der Waals surface area contributed by atoms with Crippen molar-refractivity contribution < 1.29 is 0 Å². The average molecular weight is 589 g/mol. The van der Waals surface area contributed by atoms with Gasteiger partial charge in [0.15, 0.2) is 0 Å². The lowest BCUT2D eigenvalue weighted by Gasteiger charge is -1.83. The number of hydrogen-bond acceptors (Lipinski definition) is 0. The zero-order valence-corrected chi connectivity index (χ0v) is 28.6. The van der Waals surface area contributed by atoms with Gasteiger partial charge in [-0.3, -0.25) is 0 Å². The van der Waals surface area contributed by atoms with E-state index in [0.717, 1.165) is 16.7 Å². The molecule has 0 spiro atoms. The van der Waals surface area contributed by atoms with Crippen LogP contribution >= 0.6 is 0 Å². The summed E-state index contributed by atoms with van der Waals surface area (Å²) in [6.07, 6.45) is 4.60. The zero-order valence-electron chi connectivity index (χ0n) is 28.6. The highest BCUT2D eigenvalue weighted by molar-refractivity contribution is 5.34. The quantitative estimate of drug-likeness (QED) is 0.179. The van der Waals surface area contributed by atoms with Gasteiger partial charge in [-0.2, -0.15) is 0 Å². The van der Waals surface area contributed by atoms with E-state index in [1.807, 2.05) is 158 Å². The van der Waals surface area contributed by atoms with Crippen LogP contribution in [0.2, 0.25) is 0 Å². The summed E-state index contributed by atoms with van der Waals surface area (Å²) in [6, 6.07) is 40.1. The predicted molar refractivity (Wildman–Crippen MR) is 201 cm³/mol. The van der Waals surface area contributed by atoms with Crippen LogP contribution in [0.15, 0.2) is 121 Å². The van der Waals surface area contributed by atoms with E-state index in [4.69, 9.17) is 0 Å². The first-order chi connectivity index (χ1) is 21.9. The lowest BCUT2D eigenvalue weighted by atomic mass is 10.2. The summed E-state index contributed by atoms with van der Waals surface area (Å²) in [5.74, 6) is 30.3.